The Morgan fingerprint density at radius 3 is 2.86 bits per heavy atom. The lowest BCUT2D eigenvalue weighted by atomic mass is 10.0. The molecule has 1 aromatic carbocycles. The molecule has 0 spiro atoms. The van der Waals surface area contributed by atoms with Gasteiger partial charge in [0.2, 0.25) is 11.9 Å². The Bertz CT molecular complexity index is 854. The maximum absolute atomic E-state index is 12.1. The molecule has 1 saturated heterocycles. The Morgan fingerprint density at radius 1 is 1.38 bits per heavy atom. The number of ether oxygens (including phenoxy) is 1. The Kier molecular flexibility index (Phi) is 6.92. The molecule has 0 bridgehead atoms. The summed E-state index contributed by atoms with van der Waals surface area (Å²) >= 11 is 6.63. The SMILES string of the molecule is Cc1cc(N2CCCOCC2c2ccc(NC(=O)CC(C)C)cc2Cl)nc(N)n1. The minimum Gasteiger partial charge on any atom is -0.379 e. The number of nitrogens with one attached hydrogen (secondary N) is 1. The van der Waals surface area contributed by atoms with Gasteiger partial charge in [-0.2, -0.15) is 4.98 Å². The summed E-state index contributed by atoms with van der Waals surface area (Å²) < 4.78 is 5.82. The first-order valence-electron chi connectivity index (χ1n) is 9.88. The molecule has 29 heavy (non-hydrogen) atoms. The van der Waals surface area contributed by atoms with E-state index in [1.54, 1.807) is 6.07 Å². The second kappa shape index (κ2) is 9.41. The smallest absolute Gasteiger partial charge is 0.224 e. The number of aromatic nitrogens is 2. The number of rotatable bonds is 5. The number of amides is 1. The lowest BCUT2D eigenvalue weighted by Gasteiger charge is -2.31. The van der Waals surface area contributed by atoms with Crippen LogP contribution in [0.5, 0.6) is 0 Å². The van der Waals surface area contributed by atoms with Gasteiger partial charge < -0.3 is 20.7 Å². The molecular weight excluding hydrogens is 390 g/mol. The molecule has 1 aliphatic rings. The van der Waals surface area contributed by atoms with Crippen LogP contribution in [-0.2, 0) is 9.53 Å². The third kappa shape index (κ3) is 5.58. The van der Waals surface area contributed by atoms with Crippen molar-refractivity contribution in [3.63, 3.8) is 0 Å². The molecule has 2 aromatic rings. The van der Waals surface area contributed by atoms with Crippen LogP contribution in [0.25, 0.3) is 0 Å². The van der Waals surface area contributed by atoms with Crippen molar-refractivity contribution in [2.24, 2.45) is 5.92 Å². The lowest BCUT2D eigenvalue weighted by molar-refractivity contribution is -0.116. The van der Waals surface area contributed by atoms with E-state index in [0.29, 0.717) is 36.3 Å². The van der Waals surface area contributed by atoms with Gasteiger partial charge >= 0.3 is 0 Å². The van der Waals surface area contributed by atoms with E-state index in [1.807, 2.05) is 39.0 Å². The van der Waals surface area contributed by atoms with Gasteiger partial charge in [0, 0.05) is 42.0 Å². The summed E-state index contributed by atoms with van der Waals surface area (Å²) in [4.78, 5) is 22.8. The van der Waals surface area contributed by atoms with Crippen LogP contribution in [0.15, 0.2) is 24.3 Å². The minimum atomic E-state index is -0.112. The number of aryl methyl sites for hydroxylation is 1. The molecule has 0 aliphatic carbocycles. The average Bonchev–Trinajstić information content (AvgIpc) is 2.86. The Balaban J connectivity index is 1.88. The summed E-state index contributed by atoms with van der Waals surface area (Å²) in [6.07, 6.45) is 1.35. The lowest BCUT2D eigenvalue weighted by Crippen LogP contribution is -2.32. The third-order valence-electron chi connectivity index (χ3n) is 4.73. The highest BCUT2D eigenvalue weighted by Crippen LogP contribution is 2.34. The monoisotopic (exact) mass is 417 g/mol. The molecule has 8 heteroatoms. The van der Waals surface area contributed by atoms with Crippen molar-refractivity contribution in [3.8, 4) is 0 Å². The third-order valence-corrected chi connectivity index (χ3v) is 5.06. The Morgan fingerprint density at radius 2 is 2.17 bits per heavy atom. The molecule has 156 valence electrons. The number of hydrogen-bond donors (Lipinski definition) is 2. The zero-order valence-corrected chi connectivity index (χ0v) is 17.9. The first kappa shape index (κ1) is 21.3. The fourth-order valence-corrected chi connectivity index (χ4v) is 3.80. The first-order valence-corrected chi connectivity index (χ1v) is 10.3. The van der Waals surface area contributed by atoms with E-state index in [2.05, 4.69) is 20.2 Å². The Labute approximate surface area is 176 Å². The highest BCUT2D eigenvalue weighted by atomic mass is 35.5. The number of carbonyl (C=O) groups excluding carboxylic acids is 1. The van der Waals surface area contributed by atoms with Crippen molar-refractivity contribution in [2.75, 3.05) is 35.7 Å². The van der Waals surface area contributed by atoms with Gasteiger partial charge in [0.15, 0.2) is 0 Å². The van der Waals surface area contributed by atoms with Crippen LogP contribution in [-0.4, -0.2) is 35.6 Å². The molecular formula is C21H28ClN5O2. The van der Waals surface area contributed by atoms with Crippen LogP contribution in [0.2, 0.25) is 5.02 Å². The molecule has 1 fully saturated rings. The van der Waals surface area contributed by atoms with E-state index in [-0.39, 0.29) is 17.9 Å². The van der Waals surface area contributed by atoms with Gasteiger partial charge in [-0.25, -0.2) is 4.98 Å². The summed E-state index contributed by atoms with van der Waals surface area (Å²) in [6.45, 7) is 7.85. The van der Waals surface area contributed by atoms with Gasteiger partial charge in [-0.05, 0) is 37.0 Å². The zero-order chi connectivity index (χ0) is 21.0. The minimum absolute atomic E-state index is 0.0184. The van der Waals surface area contributed by atoms with E-state index in [9.17, 15) is 4.79 Å². The molecule has 1 unspecified atom stereocenters. The van der Waals surface area contributed by atoms with E-state index < -0.39 is 0 Å². The van der Waals surface area contributed by atoms with E-state index >= 15 is 0 Å². The number of nitrogens with two attached hydrogens (primary N) is 1. The molecule has 1 aliphatic heterocycles. The summed E-state index contributed by atoms with van der Waals surface area (Å²) in [5.74, 6) is 1.29. The van der Waals surface area contributed by atoms with E-state index in [1.165, 1.54) is 0 Å². The number of benzene rings is 1. The van der Waals surface area contributed by atoms with Gasteiger partial charge in [-0.3, -0.25) is 4.79 Å². The van der Waals surface area contributed by atoms with Crippen molar-refractivity contribution in [1.82, 2.24) is 9.97 Å². The van der Waals surface area contributed by atoms with Crippen molar-refractivity contribution in [2.45, 2.75) is 39.7 Å². The van der Waals surface area contributed by atoms with Gasteiger partial charge in [-0.15, -0.1) is 0 Å². The zero-order valence-electron chi connectivity index (χ0n) is 17.1. The van der Waals surface area contributed by atoms with Gasteiger partial charge in [-0.1, -0.05) is 31.5 Å². The summed E-state index contributed by atoms with van der Waals surface area (Å²) in [7, 11) is 0. The van der Waals surface area contributed by atoms with Gasteiger partial charge in [0.05, 0.1) is 12.6 Å². The maximum Gasteiger partial charge on any atom is 0.224 e. The number of nitrogens with zero attached hydrogens (tertiary/aromatic N) is 3. The van der Waals surface area contributed by atoms with Crippen LogP contribution in [0.1, 0.15) is 44.0 Å². The van der Waals surface area contributed by atoms with E-state index in [4.69, 9.17) is 22.1 Å². The fraction of sp³-hybridized carbons (Fsp3) is 0.476. The second-order valence-corrected chi connectivity index (χ2v) is 8.15. The van der Waals surface area contributed by atoms with Crippen molar-refractivity contribution >= 4 is 35.0 Å². The molecule has 1 atom stereocenters. The van der Waals surface area contributed by atoms with Gasteiger partial charge in [0.25, 0.3) is 0 Å². The predicted molar refractivity (Wildman–Crippen MR) is 116 cm³/mol. The van der Waals surface area contributed by atoms with E-state index in [0.717, 1.165) is 30.0 Å². The molecule has 2 heterocycles. The van der Waals surface area contributed by atoms with Crippen molar-refractivity contribution < 1.29 is 9.53 Å². The molecule has 1 amide bonds. The molecule has 0 radical (unpaired) electrons. The molecule has 3 rings (SSSR count). The highest BCUT2D eigenvalue weighted by Gasteiger charge is 2.27. The summed E-state index contributed by atoms with van der Waals surface area (Å²) in [5, 5.41) is 3.48. The molecule has 3 N–H and O–H groups in total. The van der Waals surface area contributed by atoms with Crippen LogP contribution < -0.4 is 16.0 Å². The number of carbonyl (C=O) groups is 1. The summed E-state index contributed by atoms with van der Waals surface area (Å²) in [6, 6.07) is 7.42. The molecule has 7 nitrogen and oxygen atoms in total. The van der Waals surface area contributed by atoms with Crippen LogP contribution in [0.3, 0.4) is 0 Å². The number of anilines is 3. The second-order valence-electron chi connectivity index (χ2n) is 7.75. The average molecular weight is 418 g/mol. The standard InChI is InChI=1S/C21H28ClN5O2/c1-13(2)9-20(28)25-15-5-6-16(17(22)11-15)18-12-29-8-4-7-27(18)19-10-14(3)24-21(23)26-19/h5-6,10-11,13,18H,4,7-9,12H2,1-3H3,(H,25,28)(H2,23,24,26). The summed E-state index contributed by atoms with van der Waals surface area (Å²) in [5.41, 5.74) is 8.29. The quantitative estimate of drug-likeness (QED) is 0.764. The highest BCUT2D eigenvalue weighted by molar-refractivity contribution is 6.31. The number of nitrogen functional groups attached to an aromatic ring is 1. The fourth-order valence-electron chi connectivity index (χ4n) is 3.49. The largest absolute Gasteiger partial charge is 0.379 e. The van der Waals surface area contributed by atoms with Crippen molar-refractivity contribution in [3.05, 3.63) is 40.5 Å². The normalized spacial score (nSPS) is 17.3. The maximum atomic E-state index is 12.1. The molecule has 1 aromatic heterocycles. The predicted octanol–water partition coefficient (Wildman–Crippen LogP) is 3.97. The molecule has 0 saturated carbocycles. The van der Waals surface area contributed by atoms with Gasteiger partial charge in [0.1, 0.15) is 5.82 Å². The Hall–Kier alpha value is -2.38. The first-order chi connectivity index (χ1) is 13.8. The van der Waals surface area contributed by atoms with Crippen LogP contribution in [0, 0.1) is 12.8 Å². The van der Waals surface area contributed by atoms with Crippen LogP contribution >= 0.6 is 11.6 Å². The number of halogens is 1. The van der Waals surface area contributed by atoms with Crippen LogP contribution in [0.4, 0.5) is 17.5 Å². The van der Waals surface area contributed by atoms with Crippen molar-refractivity contribution in [1.29, 1.82) is 0 Å². The topological polar surface area (TPSA) is 93.4 Å². The number of hydrogen-bond acceptors (Lipinski definition) is 6.